The molecule has 0 aromatic heterocycles. The Hall–Kier alpha value is -2.24. The second-order valence-corrected chi connectivity index (χ2v) is 6.05. The number of rotatable bonds is 9. The SMILES string of the molecule is CCOC(=O)CCN(C(=O)COc1cccc(OC)c1)C1CCCC1. The second-order valence-electron chi connectivity index (χ2n) is 6.05. The van der Waals surface area contributed by atoms with Crippen molar-refractivity contribution in [3.05, 3.63) is 24.3 Å². The Morgan fingerprint density at radius 1 is 1.20 bits per heavy atom. The van der Waals surface area contributed by atoms with Gasteiger partial charge in [0.1, 0.15) is 11.5 Å². The number of amides is 1. The Labute approximate surface area is 149 Å². The lowest BCUT2D eigenvalue weighted by atomic mass is 10.2. The first-order valence-corrected chi connectivity index (χ1v) is 8.86. The molecule has 0 unspecified atom stereocenters. The summed E-state index contributed by atoms with van der Waals surface area (Å²) >= 11 is 0. The summed E-state index contributed by atoms with van der Waals surface area (Å²) in [5.41, 5.74) is 0. The van der Waals surface area contributed by atoms with E-state index in [0.29, 0.717) is 24.7 Å². The lowest BCUT2D eigenvalue weighted by Gasteiger charge is -2.28. The van der Waals surface area contributed by atoms with Crippen molar-refractivity contribution in [3.8, 4) is 11.5 Å². The molecule has 6 nitrogen and oxygen atoms in total. The summed E-state index contributed by atoms with van der Waals surface area (Å²) in [6, 6.07) is 7.35. The van der Waals surface area contributed by atoms with Crippen molar-refractivity contribution >= 4 is 11.9 Å². The molecule has 0 heterocycles. The van der Waals surface area contributed by atoms with Gasteiger partial charge < -0.3 is 19.1 Å². The van der Waals surface area contributed by atoms with E-state index >= 15 is 0 Å². The van der Waals surface area contributed by atoms with Crippen LogP contribution >= 0.6 is 0 Å². The molecular weight excluding hydrogens is 322 g/mol. The third kappa shape index (κ3) is 5.96. The molecule has 0 spiro atoms. The molecule has 1 aromatic rings. The number of methoxy groups -OCH3 is 1. The summed E-state index contributed by atoms with van der Waals surface area (Å²) in [6.07, 6.45) is 4.41. The van der Waals surface area contributed by atoms with E-state index in [0.717, 1.165) is 25.7 Å². The van der Waals surface area contributed by atoms with Crippen LogP contribution in [-0.4, -0.2) is 49.7 Å². The molecule has 138 valence electrons. The van der Waals surface area contributed by atoms with Gasteiger partial charge in [0.05, 0.1) is 20.1 Å². The maximum absolute atomic E-state index is 12.6. The topological polar surface area (TPSA) is 65.1 Å². The Kier molecular flexibility index (Phi) is 7.57. The van der Waals surface area contributed by atoms with Gasteiger partial charge in [0.25, 0.3) is 5.91 Å². The number of carbonyl (C=O) groups is 2. The van der Waals surface area contributed by atoms with Gasteiger partial charge in [0, 0.05) is 18.7 Å². The Balaban J connectivity index is 1.92. The van der Waals surface area contributed by atoms with Crippen LogP contribution < -0.4 is 9.47 Å². The molecule has 0 atom stereocenters. The summed E-state index contributed by atoms with van der Waals surface area (Å²) in [7, 11) is 1.58. The molecular formula is C19H27NO5. The van der Waals surface area contributed by atoms with Gasteiger partial charge >= 0.3 is 5.97 Å². The fourth-order valence-electron chi connectivity index (χ4n) is 3.09. The van der Waals surface area contributed by atoms with Crippen LogP contribution in [0.4, 0.5) is 0 Å². The van der Waals surface area contributed by atoms with E-state index in [2.05, 4.69) is 0 Å². The van der Waals surface area contributed by atoms with Gasteiger partial charge in [-0.1, -0.05) is 18.9 Å². The predicted octanol–water partition coefficient (Wildman–Crippen LogP) is 2.80. The molecule has 2 rings (SSSR count). The highest BCUT2D eigenvalue weighted by Gasteiger charge is 2.27. The molecule has 1 aliphatic rings. The quantitative estimate of drug-likeness (QED) is 0.642. The highest BCUT2D eigenvalue weighted by molar-refractivity contribution is 5.79. The van der Waals surface area contributed by atoms with Gasteiger partial charge in [0.15, 0.2) is 6.61 Å². The van der Waals surface area contributed by atoms with E-state index in [1.54, 1.807) is 31.1 Å². The number of carbonyl (C=O) groups excluding carboxylic acids is 2. The van der Waals surface area contributed by atoms with Gasteiger partial charge in [-0.2, -0.15) is 0 Å². The van der Waals surface area contributed by atoms with E-state index in [-0.39, 0.29) is 30.9 Å². The minimum atomic E-state index is -0.271. The molecule has 6 heteroatoms. The van der Waals surface area contributed by atoms with E-state index in [1.165, 1.54) is 0 Å². The average molecular weight is 349 g/mol. The maximum atomic E-state index is 12.6. The van der Waals surface area contributed by atoms with Crippen LogP contribution in [0.25, 0.3) is 0 Å². The van der Waals surface area contributed by atoms with E-state index < -0.39 is 0 Å². The minimum absolute atomic E-state index is 0.0491. The average Bonchev–Trinajstić information content (AvgIpc) is 3.15. The first-order valence-electron chi connectivity index (χ1n) is 8.86. The van der Waals surface area contributed by atoms with Crippen LogP contribution in [0.2, 0.25) is 0 Å². The summed E-state index contributed by atoms with van der Waals surface area (Å²) in [4.78, 5) is 26.1. The second kappa shape index (κ2) is 9.91. The molecule has 1 saturated carbocycles. The van der Waals surface area contributed by atoms with Crippen molar-refractivity contribution in [3.63, 3.8) is 0 Å². The zero-order valence-electron chi connectivity index (χ0n) is 15.0. The fourth-order valence-corrected chi connectivity index (χ4v) is 3.09. The van der Waals surface area contributed by atoms with Crippen molar-refractivity contribution in [1.82, 2.24) is 4.90 Å². The monoisotopic (exact) mass is 349 g/mol. The Morgan fingerprint density at radius 2 is 1.92 bits per heavy atom. The third-order valence-electron chi connectivity index (χ3n) is 4.35. The van der Waals surface area contributed by atoms with Gasteiger partial charge in [-0.15, -0.1) is 0 Å². The summed E-state index contributed by atoms with van der Waals surface area (Å²) in [6.45, 7) is 2.46. The predicted molar refractivity (Wildman–Crippen MR) is 93.7 cm³/mol. The van der Waals surface area contributed by atoms with Crippen LogP contribution in [0.3, 0.4) is 0 Å². The van der Waals surface area contributed by atoms with Crippen LogP contribution in [-0.2, 0) is 14.3 Å². The third-order valence-corrected chi connectivity index (χ3v) is 4.35. The van der Waals surface area contributed by atoms with Crippen molar-refractivity contribution in [2.75, 3.05) is 26.9 Å². The number of nitrogens with zero attached hydrogens (tertiary/aromatic N) is 1. The highest BCUT2D eigenvalue weighted by Crippen LogP contribution is 2.24. The van der Waals surface area contributed by atoms with Gasteiger partial charge in [-0.05, 0) is 31.9 Å². The Bertz CT molecular complexity index is 569. The van der Waals surface area contributed by atoms with Crippen molar-refractivity contribution in [2.45, 2.75) is 45.1 Å². The largest absolute Gasteiger partial charge is 0.497 e. The first-order chi connectivity index (χ1) is 12.1. The standard InChI is InChI=1S/C19H27NO5/c1-3-24-19(22)11-12-20(15-7-4-5-8-15)18(21)14-25-17-10-6-9-16(13-17)23-2/h6,9-10,13,15H,3-5,7-8,11-12,14H2,1-2H3. The van der Waals surface area contributed by atoms with E-state index in [4.69, 9.17) is 14.2 Å². The van der Waals surface area contributed by atoms with Crippen molar-refractivity contribution in [2.24, 2.45) is 0 Å². The lowest BCUT2D eigenvalue weighted by Crippen LogP contribution is -2.42. The number of ether oxygens (including phenoxy) is 3. The van der Waals surface area contributed by atoms with Crippen LogP contribution in [0, 0.1) is 0 Å². The zero-order valence-corrected chi connectivity index (χ0v) is 15.0. The van der Waals surface area contributed by atoms with E-state index in [1.807, 2.05) is 12.1 Å². The maximum Gasteiger partial charge on any atom is 0.307 e. The molecule has 1 aliphatic carbocycles. The van der Waals surface area contributed by atoms with Gasteiger partial charge in [-0.25, -0.2) is 0 Å². The summed E-state index contributed by atoms with van der Waals surface area (Å²) in [5.74, 6) is 0.899. The number of hydrogen-bond donors (Lipinski definition) is 0. The zero-order chi connectivity index (χ0) is 18.1. The summed E-state index contributed by atoms with van der Waals surface area (Å²) in [5, 5.41) is 0. The van der Waals surface area contributed by atoms with E-state index in [9.17, 15) is 9.59 Å². The fraction of sp³-hybridized carbons (Fsp3) is 0.579. The Morgan fingerprint density at radius 3 is 2.60 bits per heavy atom. The molecule has 1 amide bonds. The number of esters is 1. The van der Waals surface area contributed by atoms with Crippen LogP contribution in [0.15, 0.2) is 24.3 Å². The number of benzene rings is 1. The molecule has 0 saturated heterocycles. The summed E-state index contributed by atoms with van der Waals surface area (Å²) < 4.78 is 15.7. The van der Waals surface area contributed by atoms with Crippen molar-refractivity contribution < 1.29 is 23.8 Å². The lowest BCUT2D eigenvalue weighted by molar-refractivity contribution is -0.144. The minimum Gasteiger partial charge on any atom is -0.497 e. The molecule has 0 N–H and O–H groups in total. The normalized spacial score (nSPS) is 14.2. The molecule has 0 bridgehead atoms. The smallest absolute Gasteiger partial charge is 0.307 e. The van der Waals surface area contributed by atoms with Gasteiger partial charge in [-0.3, -0.25) is 9.59 Å². The molecule has 0 radical (unpaired) electrons. The van der Waals surface area contributed by atoms with Gasteiger partial charge in [0.2, 0.25) is 0 Å². The molecule has 1 fully saturated rings. The van der Waals surface area contributed by atoms with Crippen LogP contribution in [0.1, 0.15) is 39.0 Å². The van der Waals surface area contributed by atoms with Crippen LogP contribution in [0.5, 0.6) is 11.5 Å². The van der Waals surface area contributed by atoms with Crippen molar-refractivity contribution in [1.29, 1.82) is 0 Å². The number of hydrogen-bond acceptors (Lipinski definition) is 5. The molecule has 1 aromatic carbocycles. The molecule has 0 aliphatic heterocycles. The first kappa shape index (κ1) is 19.1. The molecule has 25 heavy (non-hydrogen) atoms. The highest BCUT2D eigenvalue weighted by atomic mass is 16.5.